The monoisotopic (exact) mass is 148 g/mol. The number of aliphatic hydroxyl groups is 1. The molecule has 10 heavy (non-hydrogen) atoms. The van der Waals surface area contributed by atoms with Crippen molar-refractivity contribution in [3.63, 3.8) is 0 Å². The minimum absolute atomic E-state index is 0.0351. The lowest BCUT2D eigenvalue weighted by Crippen LogP contribution is -2.03. The Bertz CT molecular complexity index is 122. The average molecular weight is 148 g/mol. The Morgan fingerprint density at radius 2 is 2.40 bits per heavy atom. The smallest absolute Gasteiger partial charge is 0.333 e. The van der Waals surface area contributed by atoms with E-state index in [0.717, 1.165) is 0 Å². The van der Waals surface area contributed by atoms with Crippen molar-refractivity contribution in [3.05, 3.63) is 12.4 Å². The maximum Gasteiger partial charge on any atom is 0.333 e. The van der Waals surface area contributed by atoms with Crippen LogP contribution in [-0.2, 0) is 9.53 Å². The second-order valence-electron chi connectivity index (χ2n) is 1.54. The van der Waals surface area contributed by atoms with Crippen LogP contribution in [0.2, 0.25) is 0 Å². The third-order valence-corrected chi connectivity index (χ3v) is 0.746. The predicted octanol–water partition coefficient (Wildman–Crippen LogP) is 0.395. The van der Waals surface area contributed by atoms with Gasteiger partial charge in [-0.3, -0.25) is 0 Å². The molecule has 0 amide bonds. The van der Waals surface area contributed by atoms with Gasteiger partial charge >= 0.3 is 5.97 Å². The van der Waals surface area contributed by atoms with Crippen LogP contribution < -0.4 is 0 Å². The number of carbonyl (C=O) groups excluding carboxylic acids is 1. The summed E-state index contributed by atoms with van der Waals surface area (Å²) in [5.74, 6) is -0.726. The molecular weight excluding hydrogens is 139 g/mol. The zero-order valence-electron chi connectivity index (χ0n) is 5.42. The van der Waals surface area contributed by atoms with Crippen LogP contribution >= 0.6 is 0 Å². The van der Waals surface area contributed by atoms with Crippen LogP contribution in [0.1, 0.15) is 6.42 Å². The molecule has 0 atom stereocenters. The fraction of sp³-hybridized carbons (Fsp3) is 0.500. The van der Waals surface area contributed by atoms with Crippen molar-refractivity contribution in [3.8, 4) is 0 Å². The number of halogens is 1. The van der Waals surface area contributed by atoms with Gasteiger partial charge in [-0.05, 0) is 0 Å². The summed E-state index contributed by atoms with van der Waals surface area (Å²) in [4.78, 5) is 10.3. The van der Waals surface area contributed by atoms with Gasteiger partial charge in [0.25, 0.3) is 0 Å². The third-order valence-electron chi connectivity index (χ3n) is 0.746. The van der Waals surface area contributed by atoms with E-state index in [9.17, 15) is 9.18 Å². The highest BCUT2D eigenvalue weighted by Gasteiger charge is 1.93. The van der Waals surface area contributed by atoms with E-state index < -0.39 is 5.97 Å². The minimum atomic E-state index is -0.726. The lowest BCUT2D eigenvalue weighted by atomic mass is 10.5. The van der Waals surface area contributed by atoms with Crippen molar-refractivity contribution in [2.24, 2.45) is 0 Å². The number of hydrogen-bond acceptors (Lipinski definition) is 3. The number of esters is 1. The number of ether oxygens (including phenoxy) is 1. The standard InChI is InChI=1S/C6H9FO3/c7-3-2-6(9)10-5-1-4-8/h2-3,8H,1,4-5H2. The van der Waals surface area contributed by atoms with Crippen molar-refractivity contribution in [2.75, 3.05) is 13.2 Å². The van der Waals surface area contributed by atoms with Crippen LogP contribution in [0, 0.1) is 0 Å². The Morgan fingerprint density at radius 3 is 2.90 bits per heavy atom. The van der Waals surface area contributed by atoms with E-state index in [1.165, 1.54) is 0 Å². The molecule has 1 N–H and O–H groups in total. The Labute approximate surface area is 58.1 Å². The molecule has 0 heterocycles. The molecular formula is C6H9FO3. The Hall–Kier alpha value is -0.900. The van der Waals surface area contributed by atoms with E-state index in [4.69, 9.17) is 5.11 Å². The molecule has 0 radical (unpaired) electrons. The van der Waals surface area contributed by atoms with Crippen molar-refractivity contribution in [1.82, 2.24) is 0 Å². The van der Waals surface area contributed by atoms with Crippen molar-refractivity contribution in [2.45, 2.75) is 6.42 Å². The molecule has 0 spiro atoms. The van der Waals surface area contributed by atoms with Crippen molar-refractivity contribution >= 4 is 5.97 Å². The fourth-order valence-corrected chi connectivity index (χ4v) is 0.337. The van der Waals surface area contributed by atoms with E-state index >= 15 is 0 Å². The summed E-state index contributed by atoms with van der Waals surface area (Å²) in [7, 11) is 0. The second kappa shape index (κ2) is 6.22. The number of hydrogen-bond donors (Lipinski definition) is 1. The van der Waals surface area contributed by atoms with Gasteiger partial charge in [-0.15, -0.1) is 0 Å². The molecule has 0 unspecified atom stereocenters. The van der Waals surface area contributed by atoms with Crippen LogP contribution in [0.25, 0.3) is 0 Å². The SMILES string of the molecule is O=C(C=CF)OCCCO. The zero-order valence-corrected chi connectivity index (χ0v) is 5.42. The molecule has 0 aliphatic rings. The molecule has 3 nitrogen and oxygen atoms in total. The lowest BCUT2D eigenvalue weighted by molar-refractivity contribution is -0.138. The molecule has 0 aliphatic carbocycles. The Morgan fingerprint density at radius 1 is 1.70 bits per heavy atom. The topological polar surface area (TPSA) is 46.5 Å². The van der Waals surface area contributed by atoms with Gasteiger partial charge in [0.2, 0.25) is 0 Å². The van der Waals surface area contributed by atoms with Gasteiger partial charge in [-0.2, -0.15) is 0 Å². The number of rotatable bonds is 4. The van der Waals surface area contributed by atoms with Crippen LogP contribution in [0.3, 0.4) is 0 Å². The van der Waals surface area contributed by atoms with Crippen molar-refractivity contribution in [1.29, 1.82) is 0 Å². The van der Waals surface area contributed by atoms with Crippen LogP contribution in [-0.4, -0.2) is 24.3 Å². The van der Waals surface area contributed by atoms with Gasteiger partial charge in [0, 0.05) is 13.0 Å². The maximum absolute atomic E-state index is 11.2. The highest BCUT2D eigenvalue weighted by molar-refractivity contribution is 5.81. The molecule has 0 aromatic rings. The molecule has 0 aromatic heterocycles. The molecule has 0 rings (SSSR count). The van der Waals surface area contributed by atoms with Crippen LogP contribution in [0.5, 0.6) is 0 Å². The van der Waals surface area contributed by atoms with Crippen LogP contribution in [0.15, 0.2) is 12.4 Å². The number of carbonyl (C=O) groups is 1. The normalized spacial score (nSPS) is 10.2. The van der Waals surface area contributed by atoms with Crippen molar-refractivity contribution < 1.29 is 19.0 Å². The van der Waals surface area contributed by atoms with E-state index in [-0.39, 0.29) is 19.5 Å². The first-order valence-corrected chi connectivity index (χ1v) is 2.85. The molecule has 0 bridgehead atoms. The molecule has 0 saturated carbocycles. The lowest BCUT2D eigenvalue weighted by Gasteiger charge is -1.97. The predicted molar refractivity (Wildman–Crippen MR) is 32.9 cm³/mol. The van der Waals surface area contributed by atoms with Gasteiger partial charge in [-0.1, -0.05) is 0 Å². The largest absolute Gasteiger partial charge is 0.462 e. The highest BCUT2D eigenvalue weighted by atomic mass is 19.1. The quantitative estimate of drug-likeness (QED) is 0.356. The summed E-state index contributed by atoms with van der Waals surface area (Å²) >= 11 is 0. The fourth-order valence-electron chi connectivity index (χ4n) is 0.337. The molecule has 0 aromatic carbocycles. The number of aliphatic hydroxyl groups excluding tert-OH is 1. The first kappa shape index (κ1) is 9.10. The van der Waals surface area contributed by atoms with Gasteiger partial charge < -0.3 is 9.84 Å². The highest BCUT2D eigenvalue weighted by Crippen LogP contribution is 1.84. The first-order valence-electron chi connectivity index (χ1n) is 2.85. The molecule has 4 heteroatoms. The third kappa shape index (κ3) is 5.24. The Kier molecular flexibility index (Phi) is 5.66. The zero-order chi connectivity index (χ0) is 7.82. The Balaban J connectivity index is 3.22. The summed E-state index contributed by atoms with van der Waals surface area (Å²) in [5, 5.41) is 8.23. The van der Waals surface area contributed by atoms with Gasteiger partial charge in [0.1, 0.15) is 0 Å². The molecule has 0 aliphatic heterocycles. The van der Waals surface area contributed by atoms with E-state index in [1.54, 1.807) is 0 Å². The second-order valence-corrected chi connectivity index (χ2v) is 1.54. The van der Waals surface area contributed by atoms with E-state index in [0.29, 0.717) is 12.5 Å². The summed E-state index contributed by atoms with van der Waals surface area (Å²) in [6.07, 6.45) is 1.17. The van der Waals surface area contributed by atoms with Gasteiger partial charge in [0.15, 0.2) is 0 Å². The summed E-state index contributed by atoms with van der Waals surface area (Å²) in [6.45, 7) is 0.0896. The molecule has 0 saturated heterocycles. The van der Waals surface area contributed by atoms with E-state index in [1.807, 2.05) is 0 Å². The van der Waals surface area contributed by atoms with Gasteiger partial charge in [-0.25, -0.2) is 9.18 Å². The van der Waals surface area contributed by atoms with Crippen LogP contribution in [0.4, 0.5) is 4.39 Å². The minimum Gasteiger partial charge on any atom is -0.462 e. The summed E-state index contributed by atoms with van der Waals surface area (Å²) in [6, 6.07) is 0. The summed E-state index contributed by atoms with van der Waals surface area (Å²) in [5.41, 5.74) is 0. The molecule has 0 fully saturated rings. The first-order chi connectivity index (χ1) is 4.81. The summed E-state index contributed by atoms with van der Waals surface area (Å²) < 4.78 is 15.6. The average Bonchev–Trinajstić information content (AvgIpc) is 1.89. The maximum atomic E-state index is 11.2. The van der Waals surface area contributed by atoms with E-state index in [2.05, 4.69) is 4.74 Å². The molecule has 58 valence electrons. The van der Waals surface area contributed by atoms with Gasteiger partial charge in [0.05, 0.1) is 19.0 Å².